The Morgan fingerprint density at radius 2 is 2.29 bits per heavy atom. The zero-order valence-electron chi connectivity index (χ0n) is 9.86. The highest BCUT2D eigenvalue weighted by Crippen LogP contribution is 2.37. The molecule has 2 unspecified atom stereocenters. The second kappa shape index (κ2) is 4.33. The highest BCUT2D eigenvalue weighted by atomic mass is 32.2. The summed E-state index contributed by atoms with van der Waals surface area (Å²) in [4.78, 5) is 12.6. The number of thioether (sulfide) groups is 1. The lowest BCUT2D eigenvalue weighted by atomic mass is 9.96. The summed E-state index contributed by atoms with van der Waals surface area (Å²) in [6.45, 7) is 3.67. The summed E-state index contributed by atoms with van der Waals surface area (Å²) in [7, 11) is 0. The number of aliphatic hydroxyl groups is 1. The second-order valence-electron chi connectivity index (χ2n) is 4.44. The van der Waals surface area contributed by atoms with Crippen LogP contribution in [-0.2, 0) is 10.4 Å². The highest BCUT2D eigenvalue weighted by molar-refractivity contribution is 8.00. The predicted molar refractivity (Wildman–Crippen MR) is 69.0 cm³/mol. The fourth-order valence-electron chi connectivity index (χ4n) is 1.66. The average molecular weight is 252 g/mol. The number of rotatable bonds is 2. The number of hydrogen-bond acceptors (Lipinski definition) is 4. The van der Waals surface area contributed by atoms with Crippen molar-refractivity contribution in [3.8, 4) is 0 Å². The summed E-state index contributed by atoms with van der Waals surface area (Å²) in [6.07, 6.45) is 0. The molecule has 17 heavy (non-hydrogen) atoms. The van der Waals surface area contributed by atoms with E-state index in [9.17, 15) is 9.90 Å². The van der Waals surface area contributed by atoms with E-state index in [-0.39, 0.29) is 17.7 Å². The molecule has 1 aliphatic rings. The third-order valence-corrected chi connectivity index (χ3v) is 4.11. The molecule has 1 aromatic rings. The van der Waals surface area contributed by atoms with Crippen LogP contribution in [0.15, 0.2) is 23.1 Å². The molecule has 5 heteroatoms. The van der Waals surface area contributed by atoms with Crippen molar-refractivity contribution in [1.29, 1.82) is 0 Å². The SMILES string of the molecule is CC1Sc2ccc(C(C)(O)CN)cc2NC1=O. The maximum Gasteiger partial charge on any atom is 0.237 e. The van der Waals surface area contributed by atoms with Crippen LogP contribution >= 0.6 is 11.8 Å². The Morgan fingerprint density at radius 3 is 2.94 bits per heavy atom. The first kappa shape index (κ1) is 12.4. The molecule has 4 N–H and O–H groups in total. The molecular weight excluding hydrogens is 236 g/mol. The van der Waals surface area contributed by atoms with Gasteiger partial charge in [-0.05, 0) is 31.5 Å². The van der Waals surface area contributed by atoms with Crippen molar-refractivity contribution in [1.82, 2.24) is 0 Å². The van der Waals surface area contributed by atoms with Gasteiger partial charge in [-0.15, -0.1) is 11.8 Å². The Morgan fingerprint density at radius 1 is 1.59 bits per heavy atom. The van der Waals surface area contributed by atoms with Crippen molar-refractivity contribution in [3.63, 3.8) is 0 Å². The average Bonchev–Trinajstić information content (AvgIpc) is 2.30. The van der Waals surface area contributed by atoms with Crippen LogP contribution in [0.4, 0.5) is 5.69 Å². The Hall–Kier alpha value is -1.04. The van der Waals surface area contributed by atoms with Crippen molar-refractivity contribution in [2.24, 2.45) is 5.73 Å². The number of nitrogens with two attached hydrogens (primary N) is 1. The quantitative estimate of drug-likeness (QED) is 0.741. The summed E-state index contributed by atoms with van der Waals surface area (Å²) in [5, 5.41) is 12.8. The van der Waals surface area contributed by atoms with Crippen molar-refractivity contribution < 1.29 is 9.90 Å². The summed E-state index contributed by atoms with van der Waals surface area (Å²) < 4.78 is 0. The van der Waals surface area contributed by atoms with E-state index in [1.807, 2.05) is 19.1 Å². The molecule has 92 valence electrons. The maximum absolute atomic E-state index is 11.6. The van der Waals surface area contributed by atoms with E-state index in [4.69, 9.17) is 5.73 Å². The second-order valence-corrected chi connectivity index (χ2v) is 5.82. The molecule has 0 saturated heterocycles. The molecule has 1 heterocycles. The highest BCUT2D eigenvalue weighted by Gasteiger charge is 2.26. The lowest BCUT2D eigenvalue weighted by Gasteiger charge is -2.26. The number of carbonyl (C=O) groups excluding carboxylic acids is 1. The largest absolute Gasteiger partial charge is 0.384 e. The van der Waals surface area contributed by atoms with Crippen molar-refractivity contribution >= 4 is 23.4 Å². The van der Waals surface area contributed by atoms with Crippen molar-refractivity contribution in [2.75, 3.05) is 11.9 Å². The van der Waals surface area contributed by atoms with Gasteiger partial charge in [0.05, 0.1) is 16.5 Å². The topological polar surface area (TPSA) is 75.3 Å². The molecule has 0 saturated carbocycles. The van der Waals surface area contributed by atoms with Crippen molar-refractivity contribution in [3.05, 3.63) is 23.8 Å². The lowest BCUT2D eigenvalue weighted by Crippen LogP contribution is -2.32. The molecule has 2 rings (SSSR count). The van der Waals surface area contributed by atoms with Gasteiger partial charge in [-0.1, -0.05) is 6.07 Å². The van der Waals surface area contributed by atoms with E-state index in [1.165, 1.54) is 11.8 Å². The maximum atomic E-state index is 11.6. The van der Waals surface area contributed by atoms with Crippen LogP contribution in [0.1, 0.15) is 19.4 Å². The fraction of sp³-hybridized carbons (Fsp3) is 0.417. The third-order valence-electron chi connectivity index (χ3n) is 2.93. The first-order valence-corrected chi connectivity index (χ1v) is 6.36. The predicted octanol–water partition coefficient (Wildman–Crippen LogP) is 1.29. The Bertz CT molecular complexity index is 460. The van der Waals surface area contributed by atoms with Gasteiger partial charge in [0.25, 0.3) is 0 Å². The number of amides is 1. The van der Waals surface area contributed by atoms with Crippen LogP contribution < -0.4 is 11.1 Å². The Balaban J connectivity index is 2.38. The molecule has 1 amide bonds. The zero-order valence-corrected chi connectivity index (χ0v) is 10.7. The minimum Gasteiger partial charge on any atom is -0.384 e. The normalized spacial score (nSPS) is 22.6. The zero-order chi connectivity index (χ0) is 12.6. The van der Waals surface area contributed by atoms with Crippen LogP contribution in [0.5, 0.6) is 0 Å². The van der Waals surface area contributed by atoms with Gasteiger partial charge in [-0.25, -0.2) is 0 Å². The number of nitrogens with one attached hydrogen (secondary N) is 1. The van der Waals surface area contributed by atoms with Gasteiger partial charge < -0.3 is 16.2 Å². The lowest BCUT2D eigenvalue weighted by molar-refractivity contribution is -0.115. The number of benzene rings is 1. The summed E-state index contributed by atoms with van der Waals surface area (Å²) in [6, 6.07) is 5.55. The van der Waals surface area contributed by atoms with E-state index in [1.54, 1.807) is 13.0 Å². The van der Waals surface area contributed by atoms with Gasteiger partial charge in [-0.3, -0.25) is 4.79 Å². The number of hydrogen-bond donors (Lipinski definition) is 3. The molecule has 1 aromatic carbocycles. The number of carbonyl (C=O) groups is 1. The van der Waals surface area contributed by atoms with Gasteiger partial charge in [0.2, 0.25) is 5.91 Å². The molecule has 1 aliphatic heterocycles. The van der Waals surface area contributed by atoms with Gasteiger partial charge in [0.1, 0.15) is 0 Å². The van der Waals surface area contributed by atoms with E-state index < -0.39 is 5.60 Å². The molecular formula is C12H16N2O2S. The van der Waals surface area contributed by atoms with Gasteiger partial charge in [-0.2, -0.15) is 0 Å². The molecule has 0 bridgehead atoms. The molecule has 0 fully saturated rings. The van der Waals surface area contributed by atoms with Crippen LogP contribution in [-0.4, -0.2) is 22.8 Å². The van der Waals surface area contributed by atoms with E-state index in [0.717, 1.165) is 10.6 Å². The number of fused-ring (bicyclic) bond motifs is 1. The molecule has 0 spiro atoms. The Labute approximate surface area is 105 Å². The summed E-state index contributed by atoms with van der Waals surface area (Å²) >= 11 is 1.52. The number of anilines is 1. The van der Waals surface area contributed by atoms with Crippen LogP contribution in [0.25, 0.3) is 0 Å². The monoisotopic (exact) mass is 252 g/mol. The summed E-state index contributed by atoms with van der Waals surface area (Å²) in [5.74, 6) is -0.00737. The van der Waals surface area contributed by atoms with Crippen LogP contribution in [0, 0.1) is 0 Å². The van der Waals surface area contributed by atoms with Crippen LogP contribution in [0.3, 0.4) is 0 Å². The minimum atomic E-state index is -1.06. The van der Waals surface area contributed by atoms with E-state index in [2.05, 4.69) is 5.32 Å². The molecule has 2 atom stereocenters. The van der Waals surface area contributed by atoms with E-state index >= 15 is 0 Å². The van der Waals surface area contributed by atoms with Gasteiger partial charge >= 0.3 is 0 Å². The molecule has 4 nitrogen and oxygen atoms in total. The standard InChI is InChI=1S/C12H16N2O2S/c1-7-11(15)14-9-5-8(12(2,16)6-13)3-4-10(9)17-7/h3-5,7,16H,6,13H2,1-2H3,(H,14,15). The summed E-state index contributed by atoms with van der Waals surface area (Å²) in [5.41, 5.74) is 5.93. The minimum absolute atomic E-state index is 0.00737. The van der Waals surface area contributed by atoms with Gasteiger partial charge in [0, 0.05) is 11.4 Å². The third kappa shape index (κ3) is 2.31. The van der Waals surface area contributed by atoms with E-state index in [0.29, 0.717) is 5.56 Å². The van der Waals surface area contributed by atoms with Gasteiger partial charge in [0.15, 0.2) is 0 Å². The fourth-order valence-corrected chi connectivity index (χ4v) is 2.59. The van der Waals surface area contributed by atoms with Crippen molar-refractivity contribution in [2.45, 2.75) is 29.6 Å². The first-order valence-electron chi connectivity index (χ1n) is 5.48. The molecule has 0 aromatic heterocycles. The molecule has 0 radical (unpaired) electrons. The first-order chi connectivity index (χ1) is 7.94. The molecule has 0 aliphatic carbocycles. The Kier molecular flexibility index (Phi) is 3.16. The van der Waals surface area contributed by atoms with Crippen LogP contribution in [0.2, 0.25) is 0 Å². The smallest absolute Gasteiger partial charge is 0.237 e.